The molecule has 2 aromatic carbocycles. The Morgan fingerprint density at radius 1 is 0.774 bits per heavy atom. The molecule has 0 spiro atoms. The molecule has 2 rings (SSSR count). The molecule has 0 aliphatic rings. The van der Waals surface area contributed by atoms with E-state index in [2.05, 4.69) is 17.6 Å². The summed E-state index contributed by atoms with van der Waals surface area (Å²) in [5, 5.41) is 6.02. The van der Waals surface area contributed by atoms with E-state index in [1.807, 2.05) is 6.92 Å². The van der Waals surface area contributed by atoms with Crippen LogP contribution in [-0.2, 0) is 0 Å². The molecule has 2 atom stereocenters. The van der Waals surface area contributed by atoms with Gasteiger partial charge < -0.3 is 20.1 Å². The van der Waals surface area contributed by atoms with E-state index >= 15 is 0 Å². The third-order valence-corrected chi connectivity index (χ3v) is 5.34. The van der Waals surface area contributed by atoms with Crippen LogP contribution < -0.4 is 20.1 Å². The lowest BCUT2D eigenvalue weighted by Gasteiger charge is -2.16. The number of methoxy groups -OCH3 is 2. The van der Waals surface area contributed by atoms with Gasteiger partial charge in [0, 0.05) is 23.7 Å². The summed E-state index contributed by atoms with van der Waals surface area (Å²) in [4.78, 5) is 24.5. The maximum Gasteiger partial charge on any atom is 0.251 e. The first-order valence-electron chi connectivity index (χ1n) is 10.8. The van der Waals surface area contributed by atoms with Crippen LogP contribution in [-0.4, -0.2) is 38.6 Å². The van der Waals surface area contributed by atoms with E-state index in [9.17, 15) is 9.59 Å². The van der Waals surface area contributed by atoms with Crippen molar-refractivity contribution in [2.24, 2.45) is 5.92 Å². The zero-order valence-corrected chi connectivity index (χ0v) is 18.9. The van der Waals surface area contributed by atoms with Gasteiger partial charge in [0.2, 0.25) is 0 Å². The summed E-state index contributed by atoms with van der Waals surface area (Å²) in [7, 11) is 3.21. The van der Waals surface area contributed by atoms with Crippen LogP contribution in [0.4, 0.5) is 0 Å². The minimum atomic E-state index is -0.0653. The molecule has 2 aromatic rings. The second-order valence-corrected chi connectivity index (χ2v) is 7.91. The summed E-state index contributed by atoms with van der Waals surface area (Å²) >= 11 is 0. The highest BCUT2D eigenvalue weighted by Crippen LogP contribution is 2.15. The third-order valence-electron chi connectivity index (χ3n) is 5.34. The van der Waals surface area contributed by atoms with E-state index in [0.29, 0.717) is 23.6 Å². The molecule has 0 heterocycles. The highest BCUT2D eigenvalue weighted by molar-refractivity contribution is 5.94. The SMILES string of the molecule is COc1ccc(C(=O)NCCC(C)CCCC(C)NC(=O)c2ccc(OC)cc2)cc1. The lowest BCUT2D eigenvalue weighted by molar-refractivity contribution is 0.0935. The Kier molecular flexibility index (Phi) is 9.88. The predicted molar refractivity (Wildman–Crippen MR) is 123 cm³/mol. The van der Waals surface area contributed by atoms with Crippen molar-refractivity contribution in [2.75, 3.05) is 20.8 Å². The molecular formula is C25H34N2O4. The summed E-state index contributed by atoms with van der Waals surface area (Å²) < 4.78 is 10.2. The molecule has 2 N–H and O–H groups in total. The first-order valence-corrected chi connectivity index (χ1v) is 10.8. The van der Waals surface area contributed by atoms with Gasteiger partial charge in [-0.25, -0.2) is 0 Å². The van der Waals surface area contributed by atoms with Crippen molar-refractivity contribution in [2.45, 2.75) is 45.6 Å². The predicted octanol–water partition coefficient (Wildman–Crippen LogP) is 4.45. The number of benzene rings is 2. The van der Waals surface area contributed by atoms with E-state index in [4.69, 9.17) is 9.47 Å². The number of ether oxygens (including phenoxy) is 2. The molecule has 6 heteroatoms. The largest absolute Gasteiger partial charge is 0.497 e. The number of rotatable bonds is 12. The van der Waals surface area contributed by atoms with E-state index < -0.39 is 0 Å². The molecule has 168 valence electrons. The average molecular weight is 427 g/mol. The number of nitrogens with one attached hydrogen (secondary N) is 2. The summed E-state index contributed by atoms with van der Waals surface area (Å²) in [6, 6.07) is 14.3. The Balaban J connectivity index is 1.61. The van der Waals surface area contributed by atoms with E-state index in [-0.39, 0.29) is 17.9 Å². The molecule has 0 bridgehead atoms. The van der Waals surface area contributed by atoms with Crippen LogP contribution >= 0.6 is 0 Å². The smallest absolute Gasteiger partial charge is 0.251 e. The van der Waals surface area contributed by atoms with E-state index in [1.54, 1.807) is 62.8 Å². The van der Waals surface area contributed by atoms with Crippen molar-refractivity contribution in [3.05, 3.63) is 59.7 Å². The number of hydrogen-bond donors (Lipinski definition) is 2. The normalized spacial score (nSPS) is 12.5. The van der Waals surface area contributed by atoms with Crippen molar-refractivity contribution in [3.63, 3.8) is 0 Å². The van der Waals surface area contributed by atoms with Crippen molar-refractivity contribution in [1.82, 2.24) is 10.6 Å². The van der Waals surface area contributed by atoms with Crippen molar-refractivity contribution in [3.8, 4) is 11.5 Å². The molecule has 0 aliphatic heterocycles. The Bertz CT molecular complexity index is 818. The summed E-state index contributed by atoms with van der Waals surface area (Å²) in [6.45, 7) is 4.87. The van der Waals surface area contributed by atoms with Gasteiger partial charge in [-0.1, -0.05) is 19.8 Å². The van der Waals surface area contributed by atoms with Gasteiger partial charge in [0.1, 0.15) is 11.5 Å². The maximum absolute atomic E-state index is 12.3. The van der Waals surface area contributed by atoms with Crippen molar-refractivity contribution < 1.29 is 19.1 Å². The molecule has 0 fully saturated rings. The first kappa shape index (κ1) is 24.3. The standard InChI is InChI=1S/C25H34N2O4/c1-18(16-17-26-24(28)20-8-12-22(30-3)13-9-20)6-5-7-19(2)27-25(29)21-10-14-23(31-4)15-11-21/h8-15,18-19H,5-7,16-17H2,1-4H3,(H,26,28)(H,27,29). The van der Waals surface area contributed by atoms with E-state index in [1.165, 1.54) is 0 Å². The highest BCUT2D eigenvalue weighted by Gasteiger charge is 2.11. The lowest BCUT2D eigenvalue weighted by Crippen LogP contribution is -2.32. The van der Waals surface area contributed by atoms with E-state index in [0.717, 1.165) is 37.2 Å². The third kappa shape index (κ3) is 8.32. The van der Waals surface area contributed by atoms with Crippen LogP contribution in [0.25, 0.3) is 0 Å². The Morgan fingerprint density at radius 3 is 1.81 bits per heavy atom. The van der Waals surface area contributed by atoms with Gasteiger partial charge in [-0.3, -0.25) is 9.59 Å². The van der Waals surface area contributed by atoms with Crippen molar-refractivity contribution in [1.29, 1.82) is 0 Å². The van der Waals surface area contributed by atoms with Gasteiger partial charge in [-0.2, -0.15) is 0 Å². The topological polar surface area (TPSA) is 76.7 Å². The molecule has 31 heavy (non-hydrogen) atoms. The van der Waals surface area contributed by atoms with Gasteiger partial charge in [0.15, 0.2) is 0 Å². The molecule has 0 saturated heterocycles. The molecule has 6 nitrogen and oxygen atoms in total. The van der Waals surface area contributed by atoms with Gasteiger partial charge >= 0.3 is 0 Å². The zero-order chi connectivity index (χ0) is 22.6. The molecule has 2 unspecified atom stereocenters. The molecule has 0 aliphatic carbocycles. The van der Waals surface area contributed by atoms with Crippen LogP contribution in [0.15, 0.2) is 48.5 Å². The number of carbonyl (C=O) groups is 2. The van der Waals surface area contributed by atoms with Crippen LogP contribution in [0.1, 0.15) is 60.2 Å². The summed E-state index contributed by atoms with van der Waals surface area (Å²) in [5.41, 5.74) is 1.27. The average Bonchev–Trinajstić information content (AvgIpc) is 2.79. The minimum absolute atomic E-state index is 0.0651. The quantitative estimate of drug-likeness (QED) is 0.526. The Morgan fingerprint density at radius 2 is 1.29 bits per heavy atom. The fraction of sp³-hybridized carbons (Fsp3) is 0.440. The van der Waals surface area contributed by atoms with Gasteiger partial charge in [-0.15, -0.1) is 0 Å². The number of amides is 2. The Hall–Kier alpha value is -3.02. The first-order chi connectivity index (χ1) is 14.9. The maximum atomic E-state index is 12.3. The molecular weight excluding hydrogens is 392 g/mol. The van der Waals surface area contributed by atoms with Crippen LogP contribution in [0.2, 0.25) is 0 Å². The van der Waals surface area contributed by atoms with Crippen LogP contribution in [0, 0.1) is 5.92 Å². The van der Waals surface area contributed by atoms with Gasteiger partial charge in [0.05, 0.1) is 14.2 Å². The van der Waals surface area contributed by atoms with Crippen LogP contribution in [0.5, 0.6) is 11.5 Å². The molecule has 2 amide bonds. The fourth-order valence-corrected chi connectivity index (χ4v) is 3.32. The molecule has 0 radical (unpaired) electrons. The minimum Gasteiger partial charge on any atom is -0.497 e. The van der Waals surface area contributed by atoms with Gasteiger partial charge in [-0.05, 0) is 74.2 Å². The van der Waals surface area contributed by atoms with Gasteiger partial charge in [0.25, 0.3) is 11.8 Å². The molecule has 0 saturated carbocycles. The molecule has 0 aromatic heterocycles. The van der Waals surface area contributed by atoms with Crippen molar-refractivity contribution >= 4 is 11.8 Å². The monoisotopic (exact) mass is 426 g/mol. The highest BCUT2D eigenvalue weighted by atomic mass is 16.5. The number of hydrogen-bond acceptors (Lipinski definition) is 4. The fourth-order valence-electron chi connectivity index (χ4n) is 3.32. The summed E-state index contributed by atoms with van der Waals surface area (Å²) in [6.07, 6.45) is 3.93. The second-order valence-electron chi connectivity index (χ2n) is 7.91. The number of carbonyl (C=O) groups excluding carboxylic acids is 2. The lowest BCUT2D eigenvalue weighted by atomic mass is 9.98. The Labute approximate surface area is 185 Å². The van der Waals surface area contributed by atoms with Crippen LogP contribution in [0.3, 0.4) is 0 Å². The zero-order valence-electron chi connectivity index (χ0n) is 18.9. The second kappa shape index (κ2) is 12.6. The summed E-state index contributed by atoms with van der Waals surface area (Å²) in [5.74, 6) is 1.84.